The van der Waals surface area contributed by atoms with E-state index in [1.165, 1.54) is 23.3 Å². The summed E-state index contributed by atoms with van der Waals surface area (Å²) in [7, 11) is 3.18. The number of hydrogen-bond acceptors (Lipinski definition) is 4. The first-order valence-corrected chi connectivity index (χ1v) is 6.45. The van der Waals surface area contributed by atoms with Crippen LogP contribution in [-0.2, 0) is 0 Å². The van der Waals surface area contributed by atoms with E-state index in [4.69, 9.17) is 10.00 Å². The number of benzene rings is 1. The third-order valence-electron chi connectivity index (χ3n) is 2.73. The molecule has 0 fully saturated rings. The second-order valence-electron chi connectivity index (χ2n) is 3.81. The topological polar surface area (TPSA) is 53.3 Å². The van der Waals surface area contributed by atoms with Gasteiger partial charge < -0.3 is 9.64 Å². The van der Waals surface area contributed by atoms with Crippen LogP contribution in [0, 0.1) is 11.3 Å². The van der Waals surface area contributed by atoms with Gasteiger partial charge in [0, 0.05) is 7.05 Å². The summed E-state index contributed by atoms with van der Waals surface area (Å²) in [5.74, 6) is 0.367. The molecule has 1 heterocycles. The second-order valence-corrected chi connectivity index (χ2v) is 4.73. The fraction of sp³-hybridized carbons (Fsp3) is 0.143. The molecule has 0 aliphatic heterocycles. The predicted molar refractivity (Wildman–Crippen MR) is 74.8 cm³/mol. The minimum atomic E-state index is -0.186. The van der Waals surface area contributed by atoms with Crippen LogP contribution >= 0.6 is 11.3 Å². The van der Waals surface area contributed by atoms with Gasteiger partial charge in [-0.15, -0.1) is 11.3 Å². The van der Waals surface area contributed by atoms with Crippen LogP contribution in [0.4, 0.5) is 5.69 Å². The van der Waals surface area contributed by atoms with E-state index in [1.54, 1.807) is 42.8 Å². The molecule has 0 saturated heterocycles. The zero-order valence-electron chi connectivity index (χ0n) is 10.6. The average Bonchev–Trinajstić information content (AvgIpc) is 2.94. The molecule has 0 N–H and O–H groups in total. The Hall–Kier alpha value is -2.32. The predicted octanol–water partition coefficient (Wildman–Crippen LogP) is 2.90. The van der Waals surface area contributed by atoms with Gasteiger partial charge in [0.2, 0.25) is 0 Å². The summed E-state index contributed by atoms with van der Waals surface area (Å²) in [6, 6.07) is 10.8. The molecular weight excluding hydrogens is 260 g/mol. The number of para-hydroxylation sites is 1. The summed E-state index contributed by atoms with van der Waals surface area (Å²) in [6.45, 7) is 0. The molecule has 1 amide bonds. The second kappa shape index (κ2) is 5.55. The molecule has 19 heavy (non-hydrogen) atoms. The Kier molecular flexibility index (Phi) is 3.83. The molecule has 96 valence electrons. The zero-order chi connectivity index (χ0) is 13.8. The number of nitrogens with zero attached hydrogens (tertiary/aromatic N) is 2. The molecule has 4 nitrogen and oxygen atoms in total. The molecule has 1 aromatic carbocycles. The van der Waals surface area contributed by atoms with Crippen LogP contribution in [0.2, 0.25) is 0 Å². The van der Waals surface area contributed by atoms with E-state index in [-0.39, 0.29) is 5.91 Å². The van der Waals surface area contributed by atoms with E-state index in [1.807, 2.05) is 0 Å². The van der Waals surface area contributed by atoms with E-state index in [2.05, 4.69) is 6.07 Å². The number of amides is 1. The average molecular weight is 272 g/mol. The van der Waals surface area contributed by atoms with Crippen LogP contribution in [0.25, 0.3) is 0 Å². The number of carbonyl (C=O) groups excluding carboxylic acids is 1. The smallest absolute Gasteiger partial charge is 0.271 e. The van der Waals surface area contributed by atoms with Gasteiger partial charge in [0.05, 0.1) is 18.4 Å². The van der Waals surface area contributed by atoms with Gasteiger partial charge in [0.1, 0.15) is 16.7 Å². The van der Waals surface area contributed by atoms with Crippen molar-refractivity contribution in [3.8, 4) is 11.8 Å². The van der Waals surface area contributed by atoms with Crippen molar-refractivity contribution in [3.05, 3.63) is 46.2 Å². The highest BCUT2D eigenvalue weighted by Gasteiger charge is 2.20. The Labute approximate surface area is 115 Å². The van der Waals surface area contributed by atoms with Gasteiger partial charge in [-0.05, 0) is 23.6 Å². The first kappa shape index (κ1) is 13.1. The highest BCUT2D eigenvalue weighted by molar-refractivity contribution is 7.12. The summed E-state index contributed by atoms with van der Waals surface area (Å²) < 4.78 is 5.15. The van der Waals surface area contributed by atoms with Gasteiger partial charge in [-0.1, -0.05) is 12.1 Å². The lowest BCUT2D eigenvalue weighted by Gasteiger charge is -2.18. The highest BCUT2D eigenvalue weighted by Crippen LogP contribution is 2.28. The Morgan fingerprint density at radius 2 is 2.11 bits per heavy atom. The fourth-order valence-electron chi connectivity index (χ4n) is 1.74. The minimum absolute atomic E-state index is 0.186. The molecule has 5 heteroatoms. The molecule has 2 rings (SSSR count). The van der Waals surface area contributed by atoms with Crippen molar-refractivity contribution in [2.24, 2.45) is 0 Å². The number of hydrogen-bond donors (Lipinski definition) is 0. The van der Waals surface area contributed by atoms with Gasteiger partial charge in [0.25, 0.3) is 5.91 Å². The van der Waals surface area contributed by atoms with Crippen molar-refractivity contribution in [1.82, 2.24) is 0 Å². The summed E-state index contributed by atoms with van der Waals surface area (Å²) in [5, 5.41) is 10.9. The summed E-state index contributed by atoms with van der Waals surface area (Å²) >= 11 is 1.32. The molecule has 0 spiro atoms. The van der Waals surface area contributed by atoms with Crippen LogP contribution in [0.1, 0.15) is 15.2 Å². The van der Waals surface area contributed by atoms with E-state index in [0.29, 0.717) is 21.9 Å². The third-order valence-corrected chi connectivity index (χ3v) is 3.62. The molecule has 0 unspecified atom stereocenters. The molecule has 1 aromatic heterocycles. The van der Waals surface area contributed by atoms with Gasteiger partial charge in [-0.2, -0.15) is 5.26 Å². The number of nitriles is 1. The number of rotatable bonds is 3. The molecular formula is C14H12N2O2S. The minimum Gasteiger partial charge on any atom is -0.495 e. The molecule has 0 aliphatic rings. The van der Waals surface area contributed by atoms with Crippen molar-refractivity contribution in [1.29, 1.82) is 5.26 Å². The van der Waals surface area contributed by atoms with Crippen LogP contribution in [0.3, 0.4) is 0 Å². The maximum atomic E-state index is 12.4. The molecule has 0 radical (unpaired) electrons. The van der Waals surface area contributed by atoms with Gasteiger partial charge >= 0.3 is 0 Å². The monoisotopic (exact) mass is 272 g/mol. The van der Waals surface area contributed by atoms with Crippen LogP contribution in [0.5, 0.6) is 5.75 Å². The maximum absolute atomic E-state index is 12.4. The van der Waals surface area contributed by atoms with Crippen molar-refractivity contribution in [2.75, 3.05) is 19.1 Å². The molecule has 0 aliphatic carbocycles. The molecule has 0 atom stereocenters. The van der Waals surface area contributed by atoms with Gasteiger partial charge in [-0.25, -0.2) is 0 Å². The summed E-state index contributed by atoms with van der Waals surface area (Å²) in [4.78, 5) is 14.4. The van der Waals surface area contributed by atoms with E-state index < -0.39 is 0 Å². The van der Waals surface area contributed by atoms with Crippen LogP contribution in [-0.4, -0.2) is 20.1 Å². The van der Waals surface area contributed by atoms with E-state index >= 15 is 0 Å². The first-order valence-electron chi connectivity index (χ1n) is 5.57. The number of methoxy groups -OCH3 is 1. The lowest BCUT2D eigenvalue weighted by atomic mass is 10.2. The SMILES string of the molecule is COc1ccsc1C(=O)N(C)c1ccccc1C#N. The van der Waals surface area contributed by atoms with E-state index in [0.717, 1.165) is 0 Å². The molecule has 2 aromatic rings. The summed E-state index contributed by atoms with van der Waals surface area (Å²) in [5.41, 5.74) is 1.05. The standard InChI is InChI=1S/C14H12N2O2S/c1-16(11-6-4-3-5-10(11)9-15)14(17)13-12(18-2)7-8-19-13/h3-8H,1-2H3. The zero-order valence-corrected chi connectivity index (χ0v) is 11.4. The van der Waals surface area contributed by atoms with Crippen LogP contribution < -0.4 is 9.64 Å². The Balaban J connectivity index is 2.37. The van der Waals surface area contributed by atoms with Crippen molar-refractivity contribution in [2.45, 2.75) is 0 Å². The Morgan fingerprint density at radius 1 is 1.37 bits per heavy atom. The lowest BCUT2D eigenvalue weighted by molar-refractivity contribution is 0.0994. The van der Waals surface area contributed by atoms with Crippen molar-refractivity contribution < 1.29 is 9.53 Å². The Bertz CT molecular complexity index is 643. The van der Waals surface area contributed by atoms with E-state index in [9.17, 15) is 4.79 Å². The number of thiophene rings is 1. The largest absolute Gasteiger partial charge is 0.495 e. The number of anilines is 1. The number of ether oxygens (including phenoxy) is 1. The maximum Gasteiger partial charge on any atom is 0.271 e. The third kappa shape index (κ3) is 2.44. The quantitative estimate of drug-likeness (QED) is 0.863. The number of carbonyl (C=O) groups is 1. The van der Waals surface area contributed by atoms with Gasteiger partial charge in [0.15, 0.2) is 0 Å². The first-order chi connectivity index (χ1) is 9.19. The summed E-state index contributed by atoms with van der Waals surface area (Å²) in [6.07, 6.45) is 0. The van der Waals surface area contributed by atoms with Crippen LogP contribution in [0.15, 0.2) is 35.7 Å². The van der Waals surface area contributed by atoms with Crippen molar-refractivity contribution >= 4 is 22.9 Å². The normalized spacial score (nSPS) is 9.74. The van der Waals surface area contributed by atoms with Crippen molar-refractivity contribution in [3.63, 3.8) is 0 Å². The fourth-order valence-corrected chi connectivity index (χ4v) is 2.57. The molecule has 0 bridgehead atoms. The molecule has 0 saturated carbocycles. The van der Waals surface area contributed by atoms with Gasteiger partial charge in [-0.3, -0.25) is 4.79 Å². The lowest BCUT2D eigenvalue weighted by Crippen LogP contribution is -2.26. The Morgan fingerprint density at radius 3 is 2.79 bits per heavy atom. The highest BCUT2D eigenvalue weighted by atomic mass is 32.1.